The zero-order chi connectivity index (χ0) is 21.3. The lowest BCUT2D eigenvalue weighted by atomic mass is 10.1. The first-order valence-corrected chi connectivity index (χ1v) is 9.50. The number of nitrogens with one attached hydrogen (secondary N) is 1. The van der Waals surface area contributed by atoms with Crippen molar-refractivity contribution < 1.29 is 13.9 Å². The van der Waals surface area contributed by atoms with Crippen LogP contribution in [-0.4, -0.2) is 22.3 Å². The first-order valence-electron chi connectivity index (χ1n) is 9.50. The Hall–Kier alpha value is -3.87. The van der Waals surface area contributed by atoms with Crippen molar-refractivity contribution in [2.45, 2.75) is 20.8 Å². The average molecular weight is 403 g/mol. The number of rotatable bonds is 5. The van der Waals surface area contributed by atoms with Gasteiger partial charge in [0.15, 0.2) is 6.61 Å². The van der Waals surface area contributed by atoms with Gasteiger partial charge in [0.2, 0.25) is 0 Å². The summed E-state index contributed by atoms with van der Waals surface area (Å²) in [6.07, 6.45) is 0. The number of hydrogen-bond donors (Lipinski definition) is 1. The molecule has 0 saturated heterocycles. The number of anilines is 1. The number of fused-ring (bicyclic) bond motifs is 1. The molecular weight excluding hydrogens is 382 g/mol. The predicted molar refractivity (Wildman–Crippen MR) is 114 cm³/mol. The lowest BCUT2D eigenvalue weighted by Crippen LogP contribution is -2.21. The van der Waals surface area contributed by atoms with Crippen LogP contribution >= 0.6 is 0 Å². The predicted octanol–water partition coefficient (Wildman–Crippen LogP) is 3.92. The van der Waals surface area contributed by atoms with Crippen molar-refractivity contribution >= 4 is 22.7 Å². The fraction of sp³-hybridized carbons (Fsp3) is 0.174. The van der Waals surface area contributed by atoms with Gasteiger partial charge >= 0.3 is 5.63 Å². The molecule has 30 heavy (non-hydrogen) atoms. The number of carbonyl (C=O) groups excluding carboxylic acids is 1. The van der Waals surface area contributed by atoms with Gasteiger partial charge in [-0.25, -0.2) is 9.48 Å². The van der Waals surface area contributed by atoms with Crippen LogP contribution in [0.15, 0.2) is 63.8 Å². The Kier molecular flexibility index (Phi) is 5.10. The van der Waals surface area contributed by atoms with Crippen molar-refractivity contribution in [2.75, 3.05) is 11.9 Å². The third kappa shape index (κ3) is 4.10. The van der Waals surface area contributed by atoms with E-state index in [0.29, 0.717) is 17.2 Å². The maximum atomic E-state index is 12.5. The van der Waals surface area contributed by atoms with Gasteiger partial charge in [-0.05, 0) is 56.2 Å². The number of ether oxygens (including phenoxy) is 1. The molecule has 0 fully saturated rings. The van der Waals surface area contributed by atoms with Crippen LogP contribution in [0.25, 0.3) is 16.7 Å². The summed E-state index contributed by atoms with van der Waals surface area (Å²) in [5.74, 6) is 0.677. The molecule has 0 bridgehead atoms. The molecule has 0 saturated carbocycles. The SMILES string of the molecule is Cc1cccc(-n2nc(C)cc2NC(=O)COc2ccc3c(C)cc(=O)oc3c2)c1. The van der Waals surface area contributed by atoms with Crippen LogP contribution in [0, 0.1) is 20.8 Å². The smallest absolute Gasteiger partial charge is 0.336 e. The third-order valence-corrected chi connectivity index (χ3v) is 4.64. The molecule has 0 aliphatic heterocycles. The second-order valence-corrected chi connectivity index (χ2v) is 7.17. The number of amides is 1. The molecule has 7 heteroatoms. The van der Waals surface area contributed by atoms with E-state index in [1.54, 1.807) is 28.9 Å². The highest BCUT2D eigenvalue weighted by molar-refractivity contribution is 5.91. The molecular formula is C23H21N3O4. The summed E-state index contributed by atoms with van der Waals surface area (Å²) in [6, 6.07) is 16.2. The van der Waals surface area contributed by atoms with Crippen LogP contribution in [0.1, 0.15) is 16.8 Å². The van der Waals surface area contributed by atoms with Gasteiger partial charge in [0, 0.05) is 23.6 Å². The fourth-order valence-corrected chi connectivity index (χ4v) is 3.27. The Bertz CT molecular complexity index is 1300. The normalized spacial score (nSPS) is 10.9. The van der Waals surface area contributed by atoms with E-state index in [-0.39, 0.29) is 12.5 Å². The Labute approximate surface area is 172 Å². The summed E-state index contributed by atoms with van der Waals surface area (Å²) < 4.78 is 12.5. The summed E-state index contributed by atoms with van der Waals surface area (Å²) in [4.78, 5) is 24.0. The average Bonchev–Trinajstić information content (AvgIpc) is 3.06. The van der Waals surface area contributed by atoms with E-state index in [9.17, 15) is 9.59 Å². The van der Waals surface area contributed by atoms with Crippen molar-refractivity contribution in [1.82, 2.24) is 9.78 Å². The second-order valence-electron chi connectivity index (χ2n) is 7.17. The maximum Gasteiger partial charge on any atom is 0.336 e. The molecule has 0 unspecified atom stereocenters. The lowest BCUT2D eigenvalue weighted by Gasteiger charge is -2.11. The Morgan fingerprint density at radius 2 is 1.93 bits per heavy atom. The molecule has 2 aromatic heterocycles. The number of hydrogen-bond acceptors (Lipinski definition) is 5. The summed E-state index contributed by atoms with van der Waals surface area (Å²) in [5.41, 5.74) is 3.57. The van der Waals surface area contributed by atoms with E-state index in [1.807, 2.05) is 45.0 Å². The monoisotopic (exact) mass is 403 g/mol. The highest BCUT2D eigenvalue weighted by atomic mass is 16.5. The van der Waals surface area contributed by atoms with Crippen LogP contribution in [-0.2, 0) is 4.79 Å². The van der Waals surface area contributed by atoms with Crippen molar-refractivity contribution in [3.63, 3.8) is 0 Å². The third-order valence-electron chi connectivity index (χ3n) is 4.64. The Morgan fingerprint density at radius 1 is 1.10 bits per heavy atom. The van der Waals surface area contributed by atoms with E-state index in [1.165, 1.54) is 6.07 Å². The van der Waals surface area contributed by atoms with Gasteiger partial charge in [0.1, 0.15) is 17.2 Å². The first kappa shape index (κ1) is 19.4. The molecule has 2 heterocycles. The number of carbonyl (C=O) groups is 1. The number of nitrogens with zero attached hydrogens (tertiary/aromatic N) is 2. The fourth-order valence-electron chi connectivity index (χ4n) is 3.27. The van der Waals surface area contributed by atoms with Crippen molar-refractivity contribution in [3.8, 4) is 11.4 Å². The zero-order valence-electron chi connectivity index (χ0n) is 16.9. The van der Waals surface area contributed by atoms with E-state index in [4.69, 9.17) is 9.15 Å². The zero-order valence-corrected chi connectivity index (χ0v) is 16.9. The van der Waals surface area contributed by atoms with E-state index in [0.717, 1.165) is 27.9 Å². The minimum Gasteiger partial charge on any atom is -0.484 e. The highest BCUT2D eigenvalue weighted by Gasteiger charge is 2.12. The summed E-state index contributed by atoms with van der Waals surface area (Å²) in [5, 5.41) is 8.12. The van der Waals surface area contributed by atoms with Gasteiger partial charge < -0.3 is 14.5 Å². The Morgan fingerprint density at radius 3 is 2.73 bits per heavy atom. The van der Waals surface area contributed by atoms with Gasteiger partial charge in [0.05, 0.1) is 11.4 Å². The second kappa shape index (κ2) is 7.87. The van der Waals surface area contributed by atoms with E-state index >= 15 is 0 Å². The molecule has 1 N–H and O–H groups in total. The largest absolute Gasteiger partial charge is 0.484 e. The molecule has 0 aliphatic carbocycles. The molecule has 1 amide bonds. The van der Waals surface area contributed by atoms with Crippen molar-refractivity contribution in [1.29, 1.82) is 0 Å². The van der Waals surface area contributed by atoms with E-state index in [2.05, 4.69) is 10.4 Å². The number of aromatic nitrogens is 2. The standard InChI is InChI=1S/C23H21N3O4/c1-14-5-4-6-17(9-14)26-21(11-16(3)25-26)24-22(27)13-29-18-7-8-19-15(2)10-23(28)30-20(19)12-18/h4-12H,13H2,1-3H3,(H,24,27). The van der Waals surface area contributed by atoms with Crippen LogP contribution in [0.2, 0.25) is 0 Å². The molecule has 0 spiro atoms. The summed E-state index contributed by atoms with van der Waals surface area (Å²) in [6.45, 7) is 5.51. The Balaban J connectivity index is 1.48. The molecule has 0 radical (unpaired) electrons. The van der Waals surface area contributed by atoms with Gasteiger partial charge in [-0.1, -0.05) is 12.1 Å². The first-order chi connectivity index (χ1) is 14.4. The maximum absolute atomic E-state index is 12.5. The van der Waals surface area contributed by atoms with Crippen LogP contribution in [0.5, 0.6) is 5.75 Å². The quantitative estimate of drug-likeness (QED) is 0.511. The highest BCUT2D eigenvalue weighted by Crippen LogP contribution is 2.22. The topological polar surface area (TPSA) is 86.4 Å². The van der Waals surface area contributed by atoms with Gasteiger partial charge in [-0.3, -0.25) is 4.79 Å². The molecule has 4 rings (SSSR count). The summed E-state index contributed by atoms with van der Waals surface area (Å²) in [7, 11) is 0. The van der Waals surface area contributed by atoms with Crippen LogP contribution < -0.4 is 15.7 Å². The van der Waals surface area contributed by atoms with Crippen LogP contribution in [0.3, 0.4) is 0 Å². The summed E-state index contributed by atoms with van der Waals surface area (Å²) >= 11 is 0. The molecule has 7 nitrogen and oxygen atoms in total. The molecule has 2 aromatic carbocycles. The van der Waals surface area contributed by atoms with Gasteiger partial charge in [-0.15, -0.1) is 0 Å². The molecule has 4 aromatic rings. The molecule has 0 aliphatic rings. The minimum atomic E-state index is -0.422. The van der Waals surface area contributed by atoms with Crippen LogP contribution in [0.4, 0.5) is 5.82 Å². The number of aryl methyl sites for hydroxylation is 3. The van der Waals surface area contributed by atoms with E-state index < -0.39 is 5.63 Å². The van der Waals surface area contributed by atoms with Crippen molar-refractivity contribution in [3.05, 3.63) is 81.8 Å². The molecule has 0 atom stereocenters. The van der Waals surface area contributed by atoms with Crippen molar-refractivity contribution in [2.24, 2.45) is 0 Å². The lowest BCUT2D eigenvalue weighted by molar-refractivity contribution is -0.118. The van der Waals surface area contributed by atoms with Gasteiger partial charge in [0.25, 0.3) is 5.91 Å². The van der Waals surface area contributed by atoms with Gasteiger partial charge in [-0.2, -0.15) is 5.10 Å². The molecule has 152 valence electrons. The minimum absolute atomic E-state index is 0.195. The number of benzene rings is 2.